The van der Waals surface area contributed by atoms with E-state index in [1.54, 1.807) is 24.3 Å². The summed E-state index contributed by atoms with van der Waals surface area (Å²) in [6, 6.07) is 25.9. The molecule has 114 valence electrons. The van der Waals surface area contributed by atoms with Crippen molar-refractivity contribution in [1.82, 2.24) is 0 Å². The Morgan fingerprint density at radius 3 is 1.96 bits per heavy atom. The minimum absolute atomic E-state index is 0.156. The summed E-state index contributed by atoms with van der Waals surface area (Å²) in [5.74, 6) is -0.156. The Bertz CT molecular complexity index is 773. The molecule has 0 aliphatic rings. The fraction of sp³-hybridized carbons (Fsp3) is 0. The van der Waals surface area contributed by atoms with E-state index in [9.17, 15) is 4.79 Å². The molecular weight excluding hydrogens is 308 g/mol. The van der Waals surface area contributed by atoms with Gasteiger partial charge in [0.05, 0.1) is 11.4 Å². The van der Waals surface area contributed by atoms with Crippen molar-refractivity contribution in [3.05, 3.63) is 95.5 Å². The van der Waals surface area contributed by atoms with Crippen LogP contribution in [0.2, 0.25) is 5.02 Å². The molecule has 0 unspecified atom stereocenters. The second-order valence-corrected chi connectivity index (χ2v) is 5.40. The fourth-order valence-corrected chi connectivity index (χ4v) is 2.30. The number of anilines is 2. The highest BCUT2D eigenvalue weighted by molar-refractivity contribution is 6.30. The first-order chi connectivity index (χ1) is 11.2. The number of benzene rings is 3. The Labute approximate surface area is 140 Å². The lowest BCUT2D eigenvalue weighted by Gasteiger charge is -2.24. The number of hydrogen-bond donors (Lipinski definition) is 1. The molecule has 0 aliphatic carbocycles. The molecule has 0 fully saturated rings. The molecule has 3 aromatic carbocycles. The predicted octanol–water partition coefficient (Wildman–Crippen LogP) is 5.01. The fourth-order valence-electron chi connectivity index (χ4n) is 2.17. The van der Waals surface area contributed by atoms with E-state index in [4.69, 9.17) is 11.6 Å². The molecular formula is C19H15ClN2O. The third-order valence-corrected chi connectivity index (χ3v) is 3.58. The van der Waals surface area contributed by atoms with E-state index in [1.165, 1.54) is 5.01 Å². The molecule has 0 spiro atoms. The number of carbonyl (C=O) groups excluding carboxylic acids is 1. The SMILES string of the molecule is O=C(c1ccc(Cl)cc1)N(Nc1ccccc1)c1ccccc1. The van der Waals surface area contributed by atoms with Crippen LogP contribution in [0.15, 0.2) is 84.9 Å². The van der Waals surface area contributed by atoms with E-state index in [-0.39, 0.29) is 5.91 Å². The lowest BCUT2D eigenvalue weighted by atomic mass is 10.2. The maximum Gasteiger partial charge on any atom is 0.276 e. The van der Waals surface area contributed by atoms with E-state index in [0.717, 1.165) is 11.4 Å². The highest BCUT2D eigenvalue weighted by Gasteiger charge is 2.17. The largest absolute Gasteiger partial charge is 0.291 e. The second kappa shape index (κ2) is 6.99. The van der Waals surface area contributed by atoms with Crippen molar-refractivity contribution in [3.8, 4) is 0 Å². The number of nitrogens with zero attached hydrogens (tertiary/aromatic N) is 1. The zero-order chi connectivity index (χ0) is 16.1. The predicted molar refractivity (Wildman–Crippen MR) is 94.8 cm³/mol. The van der Waals surface area contributed by atoms with Crippen LogP contribution >= 0.6 is 11.6 Å². The molecule has 0 aliphatic heterocycles. The summed E-state index contributed by atoms with van der Waals surface area (Å²) < 4.78 is 0. The number of hydrazine groups is 1. The summed E-state index contributed by atoms with van der Waals surface area (Å²) in [5, 5.41) is 2.13. The lowest BCUT2D eigenvalue weighted by Crippen LogP contribution is -2.36. The molecule has 1 amide bonds. The zero-order valence-electron chi connectivity index (χ0n) is 12.3. The summed E-state index contributed by atoms with van der Waals surface area (Å²) in [6.07, 6.45) is 0. The van der Waals surface area contributed by atoms with E-state index >= 15 is 0 Å². The number of carbonyl (C=O) groups is 1. The van der Waals surface area contributed by atoms with Gasteiger partial charge in [-0.1, -0.05) is 48.0 Å². The standard InChI is InChI=1S/C19H15ClN2O/c20-16-13-11-15(12-14-16)19(23)22(18-9-5-2-6-10-18)21-17-7-3-1-4-8-17/h1-14,21H. The van der Waals surface area contributed by atoms with Crippen molar-refractivity contribution < 1.29 is 4.79 Å². The Morgan fingerprint density at radius 2 is 1.35 bits per heavy atom. The minimum atomic E-state index is -0.156. The maximum absolute atomic E-state index is 12.9. The van der Waals surface area contributed by atoms with Crippen LogP contribution in [0.25, 0.3) is 0 Å². The first-order valence-electron chi connectivity index (χ1n) is 7.21. The molecule has 0 heterocycles. The average molecular weight is 323 g/mol. The van der Waals surface area contributed by atoms with Crippen molar-refractivity contribution in [2.75, 3.05) is 10.4 Å². The van der Waals surface area contributed by atoms with Crippen molar-refractivity contribution in [1.29, 1.82) is 0 Å². The van der Waals surface area contributed by atoms with Gasteiger partial charge in [0.2, 0.25) is 0 Å². The topological polar surface area (TPSA) is 32.3 Å². The second-order valence-electron chi connectivity index (χ2n) is 4.96. The third kappa shape index (κ3) is 3.71. The number of amides is 1. The number of para-hydroxylation sites is 2. The van der Waals surface area contributed by atoms with Gasteiger partial charge in [-0.2, -0.15) is 0 Å². The van der Waals surface area contributed by atoms with Crippen molar-refractivity contribution >= 4 is 28.9 Å². The van der Waals surface area contributed by atoms with Gasteiger partial charge in [0.15, 0.2) is 0 Å². The Balaban J connectivity index is 1.94. The normalized spacial score (nSPS) is 10.1. The van der Waals surface area contributed by atoms with Crippen LogP contribution in [0.4, 0.5) is 11.4 Å². The number of halogens is 1. The molecule has 0 atom stereocenters. The van der Waals surface area contributed by atoms with Gasteiger partial charge < -0.3 is 0 Å². The van der Waals surface area contributed by atoms with E-state index < -0.39 is 0 Å². The molecule has 0 saturated heterocycles. The molecule has 0 radical (unpaired) electrons. The van der Waals surface area contributed by atoms with Crippen LogP contribution < -0.4 is 10.4 Å². The summed E-state index contributed by atoms with van der Waals surface area (Å²) in [5.41, 5.74) is 5.31. The summed E-state index contributed by atoms with van der Waals surface area (Å²) in [4.78, 5) is 12.9. The Kier molecular flexibility index (Phi) is 4.60. The highest BCUT2D eigenvalue weighted by atomic mass is 35.5. The Hall–Kier alpha value is -2.78. The van der Waals surface area contributed by atoms with Crippen LogP contribution in [0.3, 0.4) is 0 Å². The van der Waals surface area contributed by atoms with Gasteiger partial charge in [-0.25, -0.2) is 5.01 Å². The van der Waals surface area contributed by atoms with Crippen LogP contribution in [0.1, 0.15) is 10.4 Å². The number of rotatable bonds is 4. The van der Waals surface area contributed by atoms with E-state index in [2.05, 4.69) is 5.43 Å². The van der Waals surface area contributed by atoms with Crippen LogP contribution in [0, 0.1) is 0 Å². The van der Waals surface area contributed by atoms with Crippen molar-refractivity contribution in [2.45, 2.75) is 0 Å². The number of hydrogen-bond acceptors (Lipinski definition) is 2. The van der Waals surface area contributed by atoms with Crippen LogP contribution in [0.5, 0.6) is 0 Å². The molecule has 0 bridgehead atoms. The third-order valence-electron chi connectivity index (χ3n) is 3.32. The Morgan fingerprint density at radius 1 is 0.783 bits per heavy atom. The highest BCUT2D eigenvalue weighted by Crippen LogP contribution is 2.20. The van der Waals surface area contributed by atoms with Crippen LogP contribution in [-0.4, -0.2) is 5.91 Å². The van der Waals surface area contributed by atoms with Gasteiger partial charge >= 0.3 is 0 Å². The quantitative estimate of drug-likeness (QED) is 0.684. The number of nitrogens with one attached hydrogen (secondary N) is 1. The van der Waals surface area contributed by atoms with Gasteiger partial charge in [-0.05, 0) is 48.5 Å². The summed E-state index contributed by atoms with van der Waals surface area (Å²) >= 11 is 5.90. The molecule has 1 N–H and O–H groups in total. The summed E-state index contributed by atoms with van der Waals surface area (Å²) in [7, 11) is 0. The average Bonchev–Trinajstić information content (AvgIpc) is 2.61. The summed E-state index contributed by atoms with van der Waals surface area (Å²) in [6.45, 7) is 0. The molecule has 3 aromatic rings. The first kappa shape index (κ1) is 15.1. The van der Waals surface area contributed by atoms with Gasteiger partial charge in [-0.15, -0.1) is 0 Å². The smallest absolute Gasteiger partial charge is 0.276 e. The van der Waals surface area contributed by atoms with E-state index in [1.807, 2.05) is 60.7 Å². The molecule has 0 saturated carbocycles. The van der Waals surface area contributed by atoms with Gasteiger partial charge in [0.25, 0.3) is 5.91 Å². The van der Waals surface area contributed by atoms with Gasteiger partial charge in [0.1, 0.15) is 0 Å². The molecule has 3 nitrogen and oxygen atoms in total. The molecule has 4 heteroatoms. The molecule has 0 aromatic heterocycles. The first-order valence-corrected chi connectivity index (χ1v) is 7.58. The van der Waals surface area contributed by atoms with Crippen molar-refractivity contribution in [3.63, 3.8) is 0 Å². The maximum atomic E-state index is 12.9. The van der Waals surface area contributed by atoms with Gasteiger partial charge in [0, 0.05) is 10.6 Å². The van der Waals surface area contributed by atoms with Crippen molar-refractivity contribution in [2.24, 2.45) is 0 Å². The van der Waals surface area contributed by atoms with Gasteiger partial charge in [-0.3, -0.25) is 10.2 Å². The molecule has 3 rings (SSSR count). The van der Waals surface area contributed by atoms with Crippen LogP contribution in [-0.2, 0) is 0 Å². The van der Waals surface area contributed by atoms with E-state index in [0.29, 0.717) is 10.6 Å². The minimum Gasteiger partial charge on any atom is -0.291 e. The molecule has 23 heavy (non-hydrogen) atoms. The zero-order valence-corrected chi connectivity index (χ0v) is 13.1. The monoisotopic (exact) mass is 322 g/mol. The lowest BCUT2D eigenvalue weighted by molar-refractivity contribution is 0.0993.